The second kappa shape index (κ2) is 15.5. The quantitative estimate of drug-likeness (QED) is 0.188. The van der Waals surface area contributed by atoms with Gasteiger partial charge in [0.25, 0.3) is 5.91 Å². The number of ether oxygens (including phenoxy) is 1. The summed E-state index contributed by atoms with van der Waals surface area (Å²) >= 11 is 7.83. The van der Waals surface area contributed by atoms with Crippen LogP contribution in [0.4, 0.5) is 26.2 Å². The fraction of sp³-hybridized carbons (Fsp3) is 0.548. The number of halogens is 2. The smallest absolute Gasteiger partial charge is 0.410 e. The molecule has 0 atom stereocenters. The van der Waals surface area contributed by atoms with Crippen molar-refractivity contribution in [1.82, 2.24) is 4.90 Å². The third-order valence-corrected chi connectivity index (χ3v) is 9.98. The van der Waals surface area contributed by atoms with Crippen molar-refractivity contribution in [2.45, 2.75) is 70.3 Å². The molecule has 13 heteroatoms. The summed E-state index contributed by atoms with van der Waals surface area (Å²) in [6.45, 7) is 9.37. The van der Waals surface area contributed by atoms with Crippen LogP contribution in [0, 0.1) is 5.82 Å². The molecule has 1 saturated heterocycles. The second-order valence-corrected chi connectivity index (χ2v) is 15.4. The molecule has 0 radical (unpaired) electrons. The zero-order valence-corrected chi connectivity index (χ0v) is 28.8. The van der Waals surface area contributed by atoms with Gasteiger partial charge in [0.2, 0.25) is 10.0 Å². The van der Waals surface area contributed by atoms with E-state index < -0.39 is 27.3 Å². The number of thioether (sulfide) groups is 1. The molecular formula is C31H44ClFN4O5S2. The van der Waals surface area contributed by atoms with Gasteiger partial charge < -0.3 is 19.9 Å². The summed E-state index contributed by atoms with van der Waals surface area (Å²) in [5.74, 6) is -0.617. The van der Waals surface area contributed by atoms with E-state index in [-0.39, 0.29) is 28.1 Å². The molecule has 3 rings (SSSR count). The van der Waals surface area contributed by atoms with E-state index >= 15 is 4.39 Å². The number of sulfonamides is 1. The van der Waals surface area contributed by atoms with Crippen molar-refractivity contribution in [3.8, 4) is 0 Å². The van der Waals surface area contributed by atoms with E-state index in [4.69, 9.17) is 16.3 Å². The molecule has 1 fully saturated rings. The van der Waals surface area contributed by atoms with E-state index in [2.05, 4.69) is 12.2 Å². The first-order chi connectivity index (χ1) is 20.6. The summed E-state index contributed by atoms with van der Waals surface area (Å²) in [6, 6.07) is 8.01. The van der Waals surface area contributed by atoms with E-state index in [0.29, 0.717) is 36.8 Å². The first-order valence-electron chi connectivity index (χ1n) is 14.9. The van der Waals surface area contributed by atoms with Crippen LogP contribution in [0.1, 0.15) is 70.2 Å². The second-order valence-electron chi connectivity index (χ2n) is 11.8. The number of hydrogen-bond donors (Lipinski definition) is 1. The van der Waals surface area contributed by atoms with Crippen LogP contribution >= 0.6 is 23.4 Å². The number of anilines is 3. The van der Waals surface area contributed by atoms with Gasteiger partial charge in [0.05, 0.1) is 28.2 Å². The highest BCUT2D eigenvalue weighted by atomic mass is 35.5. The normalized spacial score (nSPS) is 14.0. The number of carbonyl (C=O) groups excluding carboxylic acids is 2. The number of piperazine rings is 1. The molecule has 2 amide bonds. The highest BCUT2D eigenvalue weighted by Gasteiger charge is 2.28. The Hall–Kier alpha value is -2.70. The van der Waals surface area contributed by atoms with Crippen molar-refractivity contribution in [1.29, 1.82) is 0 Å². The minimum Gasteiger partial charge on any atom is -0.444 e. The fourth-order valence-electron chi connectivity index (χ4n) is 4.65. The lowest BCUT2D eigenvalue weighted by Crippen LogP contribution is -2.50. The number of nitrogens with zero attached hydrogens (tertiary/aromatic N) is 3. The molecule has 2 aromatic rings. The van der Waals surface area contributed by atoms with Crippen molar-refractivity contribution in [2.75, 3.05) is 59.8 Å². The predicted octanol–water partition coefficient (Wildman–Crippen LogP) is 7.25. The lowest BCUT2D eigenvalue weighted by atomic mass is 10.1. The van der Waals surface area contributed by atoms with E-state index in [9.17, 15) is 18.0 Å². The maximum absolute atomic E-state index is 15.3. The molecule has 0 bridgehead atoms. The predicted molar refractivity (Wildman–Crippen MR) is 179 cm³/mol. The van der Waals surface area contributed by atoms with Gasteiger partial charge in [-0.2, -0.15) is 0 Å². The van der Waals surface area contributed by atoms with Gasteiger partial charge in [-0.05, 0) is 63.3 Å². The molecule has 0 saturated carbocycles. The first kappa shape index (κ1) is 35.8. The van der Waals surface area contributed by atoms with E-state index in [0.717, 1.165) is 29.2 Å². The SMILES string of the molecule is CCCCCCCSc1ccc(NC(=O)c2cc(N3CCN(C(=O)OC(C)(C)C)CC3)ccc2N(C)S(C)(=O)=O)c(F)c1Cl. The van der Waals surface area contributed by atoms with Crippen LogP contribution in [0.25, 0.3) is 0 Å². The zero-order chi connectivity index (χ0) is 32.7. The third-order valence-electron chi connectivity index (χ3n) is 7.16. The van der Waals surface area contributed by atoms with E-state index in [1.54, 1.807) is 29.2 Å². The van der Waals surface area contributed by atoms with Gasteiger partial charge in [0.1, 0.15) is 5.60 Å². The molecule has 0 aliphatic carbocycles. The van der Waals surface area contributed by atoms with E-state index in [1.165, 1.54) is 44.1 Å². The van der Waals surface area contributed by atoms with Crippen molar-refractivity contribution >= 4 is 62.4 Å². The number of amides is 2. The van der Waals surface area contributed by atoms with Crippen LogP contribution in [0.5, 0.6) is 0 Å². The number of nitrogens with one attached hydrogen (secondary N) is 1. The Morgan fingerprint density at radius 3 is 2.34 bits per heavy atom. The average Bonchev–Trinajstić information content (AvgIpc) is 2.96. The van der Waals surface area contributed by atoms with Crippen LogP contribution in [0.3, 0.4) is 0 Å². The van der Waals surface area contributed by atoms with Gasteiger partial charge in [-0.15, -0.1) is 11.8 Å². The van der Waals surface area contributed by atoms with Gasteiger partial charge in [0.15, 0.2) is 5.82 Å². The minimum atomic E-state index is -3.71. The monoisotopic (exact) mass is 670 g/mol. The Labute approximate surface area is 270 Å². The van der Waals surface area contributed by atoms with Crippen molar-refractivity contribution in [2.24, 2.45) is 0 Å². The first-order valence-corrected chi connectivity index (χ1v) is 18.1. The summed E-state index contributed by atoms with van der Waals surface area (Å²) in [5.41, 5.74) is 0.147. The van der Waals surface area contributed by atoms with Crippen LogP contribution in [0.2, 0.25) is 5.02 Å². The van der Waals surface area contributed by atoms with Crippen LogP contribution in [-0.2, 0) is 14.8 Å². The molecule has 9 nitrogen and oxygen atoms in total. The molecule has 2 aromatic carbocycles. The van der Waals surface area contributed by atoms with E-state index in [1.807, 2.05) is 25.7 Å². The Morgan fingerprint density at radius 1 is 1.07 bits per heavy atom. The molecule has 1 heterocycles. The summed E-state index contributed by atoms with van der Waals surface area (Å²) < 4.78 is 46.6. The van der Waals surface area contributed by atoms with Gasteiger partial charge >= 0.3 is 6.09 Å². The largest absolute Gasteiger partial charge is 0.444 e. The molecule has 0 spiro atoms. The number of carbonyl (C=O) groups is 2. The Balaban J connectivity index is 1.79. The number of hydrogen-bond acceptors (Lipinski definition) is 7. The van der Waals surface area contributed by atoms with Crippen LogP contribution < -0.4 is 14.5 Å². The molecule has 0 aromatic heterocycles. The van der Waals surface area contributed by atoms with Gasteiger partial charge in [-0.1, -0.05) is 44.2 Å². The van der Waals surface area contributed by atoms with Gasteiger partial charge in [0, 0.05) is 43.8 Å². The number of rotatable bonds is 12. The standard InChI is InChI=1S/C31H44ClFN4O5S2/c1-7-8-9-10-11-20-43-26-15-13-24(28(33)27(26)32)34-29(38)23-21-22(12-14-25(23)35(5)44(6,40)41)36-16-18-37(19-17-36)30(39)42-31(2,3)4/h12-15,21H,7-11,16-20H2,1-6H3,(H,34,38). The zero-order valence-electron chi connectivity index (χ0n) is 26.4. The highest BCUT2D eigenvalue weighted by molar-refractivity contribution is 7.99. The molecule has 1 aliphatic heterocycles. The third kappa shape index (κ3) is 9.90. The molecule has 44 heavy (non-hydrogen) atoms. The maximum Gasteiger partial charge on any atom is 0.410 e. The van der Waals surface area contributed by atoms with Crippen LogP contribution in [0.15, 0.2) is 35.2 Å². The minimum absolute atomic E-state index is 0.0473. The Kier molecular flexibility index (Phi) is 12.6. The molecule has 0 unspecified atom stereocenters. The maximum atomic E-state index is 15.3. The summed E-state index contributed by atoms with van der Waals surface area (Å²) in [4.78, 5) is 30.3. The molecular weight excluding hydrogens is 627 g/mol. The Morgan fingerprint density at radius 2 is 1.73 bits per heavy atom. The topological polar surface area (TPSA) is 99.3 Å². The fourth-order valence-corrected chi connectivity index (χ4v) is 6.44. The molecule has 1 N–H and O–H groups in total. The molecule has 1 aliphatic rings. The summed E-state index contributed by atoms with van der Waals surface area (Å²) in [5, 5.41) is 2.52. The van der Waals surface area contributed by atoms with Crippen LogP contribution in [-0.4, -0.2) is 76.2 Å². The lowest BCUT2D eigenvalue weighted by molar-refractivity contribution is 0.0240. The van der Waals surface area contributed by atoms with Gasteiger partial charge in [-0.3, -0.25) is 9.10 Å². The van der Waals surface area contributed by atoms with Crippen molar-refractivity contribution in [3.63, 3.8) is 0 Å². The molecule has 244 valence electrons. The Bertz CT molecular complexity index is 1430. The number of unbranched alkanes of at least 4 members (excludes halogenated alkanes) is 4. The lowest BCUT2D eigenvalue weighted by Gasteiger charge is -2.37. The summed E-state index contributed by atoms with van der Waals surface area (Å²) in [6.07, 6.45) is 6.30. The van der Waals surface area contributed by atoms with Crippen molar-refractivity contribution < 1.29 is 27.1 Å². The number of benzene rings is 2. The van der Waals surface area contributed by atoms with Gasteiger partial charge in [-0.25, -0.2) is 17.6 Å². The summed E-state index contributed by atoms with van der Waals surface area (Å²) in [7, 11) is -2.35. The highest BCUT2D eigenvalue weighted by Crippen LogP contribution is 2.35. The van der Waals surface area contributed by atoms with Crippen molar-refractivity contribution in [3.05, 3.63) is 46.7 Å². The average molecular weight is 671 g/mol.